The van der Waals surface area contributed by atoms with Crippen LogP contribution in [0.3, 0.4) is 0 Å². The first-order valence-corrected chi connectivity index (χ1v) is 16.0. The van der Waals surface area contributed by atoms with Crippen LogP contribution in [0.5, 0.6) is 17.2 Å². The number of sulfonamides is 1. The summed E-state index contributed by atoms with van der Waals surface area (Å²) in [5.74, 6) is 1.28. The summed E-state index contributed by atoms with van der Waals surface area (Å²) in [6.07, 6.45) is 4.62. The number of carbonyl (C=O) groups excluding carboxylic acids is 1. The summed E-state index contributed by atoms with van der Waals surface area (Å²) < 4.78 is 50.6. The number of ether oxygens (including phenoxy) is 2. The summed E-state index contributed by atoms with van der Waals surface area (Å²) in [5, 5.41) is 2.76. The molecule has 2 N–H and O–H groups in total. The monoisotopic (exact) mass is 634 g/mol. The topological polar surface area (TPSA) is 100 Å². The van der Waals surface area contributed by atoms with E-state index < -0.39 is 15.8 Å². The van der Waals surface area contributed by atoms with E-state index in [2.05, 4.69) is 21.9 Å². The molecule has 0 radical (unpaired) electrons. The molecule has 1 aliphatic heterocycles. The highest BCUT2D eigenvalue weighted by Crippen LogP contribution is 2.26. The first kappa shape index (κ1) is 34.0. The van der Waals surface area contributed by atoms with Crippen LogP contribution in [0.1, 0.15) is 38.2 Å². The van der Waals surface area contributed by atoms with E-state index in [4.69, 9.17) is 9.47 Å². The number of hydrogen-bond donors (Lipinski definition) is 2. The number of likely N-dealkylation sites (tertiary alicyclic amines) is 1. The molecular weight excluding hydrogens is 595 g/mol. The van der Waals surface area contributed by atoms with E-state index in [1.54, 1.807) is 24.3 Å². The maximum atomic E-state index is 14.4. The Bertz CT molecular complexity index is 1430. The van der Waals surface area contributed by atoms with Crippen LogP contribution >= 0.6 is 12.4 Å². The van der Waals surface area contributed by atoms with E-state index >= 15 is 0 Å². The molecule has 12 heteroatoms. The van der Waals surface area contributed by atoms with Crippen molar-refractivity contribution in [1.82, 2.24) is 9.80 Å². The molecule has 2 amide bonds. The Balaban J connectivity index is 0.00000506. The van der Waals surface area contributed by atoms with Gasteiger partial charge in [0, 0.05) is 44.0 Å². The van der Waals surface area contributed by atoms with Crippen molar-refractivity contribution in [1.29, 1.82) is 0 Å². The smallest absolute Gasteiger partial charge is 0.322 e. The van der Waals surface area contributed by atoms with Gasteiger partial charge in [-0.3, -0.25) is 9.62 Å². The lowest BCUT2D eigenvalue weighted by molar-refractivity contribution is 0.122. The van der Waals surface area contributed by atoms with Crippen molar-refractivity contribution in [3.8, 4) is 17.2 Å². The van der Waals surface area contributed by atoms with Crippen LogP contribution in [-0.4, -0.2) is 63.3 Å². The van der Waals surface area contributed by atoms with E-state index in [0.29, 0.717) is 29.5 Å². The SMILES string of the molecule is CCCCN(C(=O)Nc1cc(OC)ccc1F)C1CCN(Cc2ccc(Oc3ccc(NS(C)(=O)=O)cc3)cc2)CC1.Cl. The summed E-state index contributed by atoms with van der Waals surface area (Å²) in [6, 6.07) is 18.7. The van der Waals surface area contributed by atoms with Crippen LogP contribution in [0.4, 0.5) is 20.6 Å². The average Bonchev–Trinajstić information content (AvgIpc) is 2.96. The van der Waals surface area contributed by atoms with Gasteiger partial charge in [0.2, 0.25) is 10.0 Å². The van der Waals surface area contributed by atoms with Crippen molar-refractivity contribution in [2.75, 3.05) is 43.0 Å². The molecule has 1 fully saturated rings. The van der Waals surface area contributed by atoms with E-state index in [1.807, 2.05) is 29.2 Å². The molecule has 4 rings (SSSR count). The predicted octanol–water partition coefficient (Wildman–Crippen LogP) is 6.72. The standard InChI is InChI=1S/C31H39FN4O5S.ClH/c1-4-5-18-36(31(37)33-30-21-28(40-2)14-15-29(30)32)25-16-19-35(20-17-25)22-23-6-10-26(11-7-23)41-27-12-8-24(9-13-27)34-42(3,38)39;/h6-15,21,25,34H,4-5,16-20,22H2,1-3H3,(H,33,37);1H. The van der Waals surface area contributed by atoms with E-state index in [1.165, 1.54) is 25.3 Å². The Kier molecular flexibility index (Phi) is 12.5. The van der Waals surface area contributed by atoms with Crippen LogP contribution in [0.15, 0.2) is 66.7 Å². The molecule has 0 aliphatic carbocycles. The van der Waals surface area contributed by atoms with Gasteiger partial charge < -0.3 is 19.7 Å². The van der Waals surface area contributed by atoms with Gasteiger partial charge in [-0.15, -0.1) is 12.4 Å². The first-order valence-electron chi connectivity index (χ1n) is 14.1. The largest absolute Gasteiger partial charge is 0.497 e. The highest BCUT2D eigenvalue weighted by molar-refractivity contribution is 7.92. The third-order valence-electron chi connectivity index (χ3n) is 7.15. The molecule has 1 aliphatic rings. The lowest BCUT2D eigenvalue weighted by Gasteiger charge is -2.38. The minimum absolute atomic E-state index is 0. The Labute approximate surface area is 259 Å². The van der Waals surface area contributed by atoms with Gasteiger partial charge in [-0.25, -0.2) is 17.6 Å². The van der Waals surface area contributed by atoms with Gasteiger partial charge in [-0.05, 0) is 73.4 Å². The van der Waals surface area contributed by atoms with Crippen molar-refractivity contribution in [2.24, 2.45) is 0 Å². The summed E-state index contributed by atoms with van der Waals surface area (Å²) in [4.78, 5) is 17.5. The number of nitrogens with zero attached hydrogens (tertiary/aromatic N) is 2. The zero-order valence-corrected chi connectivity index (χ0v) is 26.3. The number of methoxy groups -OCH3 is 1. The molecule has 0 saturated carbocycles. The number of unbranched alkanes of at least 4 members (excludes halogenated alkanes) is 1. The molecule has 0 aromatic heterocycles. The van der Waals surface area contributed by atoms with Crippen molar-refractivity contribution >= 4 is 39.8 Å². The van der Waals surface area contributed by atoms with Crippen molar-refractivity contribution in [3.05, 3.63) is 78.1 Å². The van der Waals surface area contributed by atoms with E-state index in [-0.39, 0.29) is 30.2 Å². The average molecular weight is 635 g/mol. The van der Waals surface area contributed by atoms with Gasteiger partial charge >= 0.3 is 6.03 Å². The van der Waals surface area contributed by atoms with Crippen molar-refractivity contribution in [2.45, 2.75) is 45.2 Å². The number of carbonyl (C=O) groups is 1. The molecule has 0 atom stereocenters. The number of piperidine rings is 1. The van der Waals surface area contributed by atoms with E-state index in [0.717, 1.165) is 57.1 Å². The number of rotatable bonds is 12. The lowest BCUT2D eigenvalue weighted by atomic mass is 10.0. The second-order valence-electron chi connectivity index (χ2n) is 10.5. The Morgan fingerprint density at radius 3 is 2.19 bits per heavy atom. The van der Waals surface area contributed by atoms with Crippen LogP contribution in [0.25, 0.3) is 0 Å². The molecule has 0 spiro atoms. The van der Waals surface area contributed by atoms with Gasteiger partial charge in [-0.1, -0.05) is 25.5 Å². The minimum atomic E-state index is -3.33. The third-order valence-corrected chi connectivity index (χ3v) is 7.76. The number of anilines is 2. The second kappa shape index (κ2) is 15.8. The van der Waals surface area contributed by atoms with Crippen LogP contribution in [0, 0.1) is 5.82 Å². The molecule has 0 unspecified atom stereocenters. The fourth-order valence-corrected chi connectivity index (χ4v) is 5.51. The van der Waals surface area contributed by atoms with Gasteiger partial charge in [-0.2, -0.15) is 0 Å². The molecule has 9 nitrogen and oxygen atoms in total. The normalized spacial score (nSPS) is 14.0. The predicted molar refractivity (Wildman–Crippen MR) is 171 cm³/mol. The number of amides is 2. The molecule has 1 saturated heterocycles. The quantitative estimate of drug-likeness (QED) is 0.229. The van der Waals surface area contributed by atoms with Crippen molar-refractivity contribution < 1.29 is 27.1 Å². The maximum Gasteiger partial charge on any atom is 0.322 e. The van der Waals surface area contributed by atoms with Gasteiger partial charge in [0.05, 0.1) is 19.1 Å². The molecule has 3 aromatic rings. The molecule has 1 heterocycles. The first-order chi connectivity index (χ1) is 20.1. The van der Waals surface area contributed by atoms with Crippen LogP contribution in [0.2, 0.25) is 0 Å². The lowest BCUT2D eigenvalue weighted by Crippen LogP contribution is -2.49. The Morgan fingerprint density at radius 2 is 1.60 bits per heavy atom. The van der Waals surface area contributed by atoms with Gasteiger partial charge in [0.25, 0.3) is 0 Å². The molecular formula is C31H40ClFN4O5S. The van der Waals surface area contributed by atoms with Gasteiger partial charge in [0.1, 0.15) is 23.1 Å². The minimum Gasteiger partial charge on any atom is -0.497 e. The summed E-state index contributed by atoms with van der Waals surface area (Å²) in [6.45, 7) is 5.19. The fraction of sp³-hybridized carbons (Fsp3) is 0.387. The van der Waals surface area contributed by atoms with Crippen LogP contribution in [-0.2, 0) is 16.6 Å². The molecule has 234 valence electrons. The van der Waals surface area contributed by atoms with E-state index in [9.17, 15) is 17.6 Å². The van der Waals surface area contributed by atoms with Crippen molar-refractivity contribution in [3.63, 3.8) is 0 Å². The van der Waals surface area contributed by atoms with Gasteiger partial charge in [0.15, 0.2) is 0 Å². The third kappa shape index (κ3) is 10.3. The highest BCUT2D eigenvalue weighted by Gasteiger charge is 2.28. The number of urea groups is 1. The maximum absolute atomic E-state index is 14.4. The van der Waals surface area contributed by atoms with Crippen LogP contribution < -0.4 is 19.5 Å². The zero-order chi connectivity index (χ0) is 30.1. The number of hydrogen-bond acceptors (Lipinski definition) is 6. The number of benzene rings is 3. The summed E-state index contributed by atoms with van der Waals surface area (Å²) in [7, 11) is -1.82. The number of nitrogens with one attached hydrogen (secondary N) is 2. The Hall–Kier alpha value is -3.54. The molecule has 3 aromatic carbocycles. The highest BCUT2D eigenvalue weighted by atomic mass is 35.5. The summed E-state index contributed by atoms with van der Waals surface area (Å²) in [5.41, 5.74) is 1.75. The molecule has 43 heavy (non-hydrogen) atoms. The number of halogens is 2. The second-order valence-corrected chi connectivity index (χ2v) is 12.2. The zero-order valence-electron chi connectivity index (χ0n) is 24.7. The molecule has 0 bridgehead atoms. The fourth-order valence-electron chi connectivity index (χ4n) is 4.94. The summed E-state index contributed by atoms with van der Waals surface area (Å²) >= 11 is 0. The Morgan fingerprint density at radius 1 is 1.00 bits per heavy atom.